The van der Waals surface area contributed by atoms with Crippen molar-refractivity contribution in [2.45, 2.75) is 118 Å². The summed E-state index contributed by atoms with van der Waals surface area (Å²) in [6.07, 6.45) is 1.95. The Kier molecular flexibility index (Phi) is 42.9. The molecule has 29 heteroatoms. The molecule has 0 bridgehead atoms. The standard InChI is InChI=1S/C24H26BO3P.2C20H18NO.C18H14OP.C3H8O.CHF3O3S.2Ir.3K.HO4P/c1-23(2)24(3,4)28-25(27-23)21-17-11-12-18-22(21)29(26,19-13-7-5-8-14-19)20-15-9-6-10-16-20;2*1-13(2)10-14-7-5-9-18-17(14)11-19-20(21-18)16-8-4-3-6-15(16)12-22-19;19-20(16-10-4-1-5-11-16,17-12-6-2-7-13-17)18-14-8-3-9-15-18;1-3(2)4;2-1(3,4)8(5,6)7;;;;;;1-4-5(2)3/h5-18H,1-4H3;2*3-7,9,11,13H,10,12H2,1-2H3;1-14H;3-4H,1-2H3;(H,5,6,7);;;;;;1H/q;3*-1;;;;;;;+1;/p-1. The molecule has 10 aromatic carbocycles. The molecule has 1 unspecified atom stereocenters. The third-order valence-corrected chi connectivity index (χ3v) is 24.7. The minimum absolute atomic E-state index is 0. The van der Waals surface area contributed by atoms with Crippen molar-refractivity contribution in [2.24, 2.45) is 11.8 Å². The maximum atomic E-state index is 14.8. The zero-order valence-electron chi connectivity index (χ0n) is 66.1. The van der Waals surface area contributed by atoms with Gasteiger partial charge in [0.2, 0.25) is 0 Å². The number of aromatic nitrogens is 2. The van der Waals surface area contributed by atoms with Gasteiger partial charge in [-0.3, -0.25) is 14.5 Å². The number of aliphatic hydroxyl groups is 1. The number of pyridine rings is 2. The quantitative estimate of drug-likeness (QED) is 0.0220. The summed E-state index contributed by atoms with van der Waals surface area (Å²) in [5.74, 6) is 2.99. The number of fused-ring (bicyclic) bond motifs is 8. The van der Waals surface area contributed by atoms with Crippen molar-refractivity contribution < 1.29 is 170 Å². The van der Waals surface area contributed by atoms with E-state index in [2.05, 4.69) is 111 Å². The van der Waals surface area contributed by atoms with Crippen molar-refractivity contribution in [1.82, 2.24) is 9.97 Å². The summed E-state index contributed by atoms with van der Waals surface area (Å²) in [7, 11) is -15.5. The van der Waals surface area contributed by atoms with E-state index in [-0.39, 0.29) is 97.7 Å². The van der Waals surface area contributed by atoms with Crippen LogP contribution in [0.25, 0.3) is 44.3 Å². The van der Waals surface area contributed by atoms with Gasteiger partial charge in [0.1, 0.15) is 18.6 Å². The van der Waals surface area contributed by atoms with Crippen LogP contribution in [0.1, 0.15) is 91.5 Å². The van der Waals surface area contributed by atoms with E-state index in [9.17, 15) is 22.3 Å². The number of alkyl halides is 3. The summed E-state index contributed by atoms with van der Waals surface area (Å²) in [6.45, 7) is 21.7. The van der Waals surface area contributed by atoms with Gasteiger partial charge in [-0.05, 0) is 112 Å². The molecule has 0 aliphatic carbocycles. The summed E-state index contributed by atoms with van der Waals surface area (Å²) < 4.78 is 122. The molecule has 0 spiro atoms. The molecule has 0 saturated carbocycles. The Morgan fingerprint density at radius 2 is 0.896 bits per heavy atom. The van der Waals surface area contributed by atoms with Crippen molar-refractivity contribution in [2.75, 3.05) is 0 Å². The zero-order chi connectivity index (χ0) is 81.6. The van der Waals surface area contributed by atoms with Gasteiger partial charge >= 0.3 is 146 Å². The number of ether oxygens (including phenoxy) is 2. The number of halogens is 3. The first-order valence-corrected chi connectivity index (χ1v) is 58.3. The van der Waals surface area contributed by atoms with E-state index >= 15 is 0 Å². The topological polar surface area (TPSA) is 244 Å². The molecule has 1 fully saturated rings. The van der Waals surface area contributed by atoms with Gasteiger partial charge in [-0.1, -0.05) is 214 Å². The van der Waals surface area contributed by atoms with Crippen LogP contribution in [0.2, 0.25) is 0 Å². The average Bonchev–Trinajstić information content (AvgIpc) is 1.69. The van der Waals surface area contributed by atoms with Gasteiger partial charge < -0.3 is 43.2 Å². The van der Waals surface area contributed by atoms with E-state index in [4.69, 9.17) is 61.5 Å². The molecule has 115 heavy (non-hydrogen) atoms. The van der Waals surface area contributed by atoms with Crippen LogP contribution in [0, 0.1) is 30.0 Å². The first-order valence-electron chi connectivity index (χ1n) is 36.4. The molecule has 15 rings (SSSR count). The summed E-state index contributed by atoms with van der Waals surface area (Å²) in [6, 6.07) is 92.8. The van der Waals surface area contributed by atoms with Crippen LogP contribution in [-0.4, -0.2) is 121 Å². The molecular formula is C86H85BF3Ir2K3N2O14P3S-3. The molecule has 1 atom stereocenters. The van der Waals surface area contributed by atoms with Crippen LogP contribution in [0.15, 0.2) is 255 Å². The second-order valence-corrected chi connectivity index (χ2v) is 35.3. The predicted molar refractivity (Wildman–Crippen MR) is 439 cm³/mol. The first-order chi connectivity index (χ1) is 53.3. The number of benzene rings is 10. The van der Waals surface area contributed by atoms with E-state index in [0.29, 0.717) is 25.0 Å². The molecule has 12 aromatic rings. The Bertz CT molecular complexity index is 5010. The van der Waals surface area contributed by atoms with Gasteiger partial charge in [0.25, 0.3) is 0 Å². The second-order valence-electron chi connectivity index (χ2n) is 27.8. The predicted octanol–water partition coefficient (Wildman–Crippen LogP) is 11.7. The third kappa shape index (κ3) is 27.7. The van der Waals surface area contributed by atoms with Gasteiger partial charge in [0.15, 0.2) is 7.14 Å². The molecule has 2 aromatic heterocycles. The van der Waals surface area contributed by atoms with E-state index < -0.39 is 56.5 Å². The van der Waals surface area contributed by atoms with E-state index in [1.54, 1.807) is 13.8 Å². The number of aliphatic hydroxyl groups excluding tert-OH is 1. The SMILES string of the molecule is CC(C)Cc1cccc2nc3c(cc12)OCc1ccc[c-]c1-3.CC(C)Cc1cccc2nc3c(cc12)OCc1ccc[c-]c1-3.CC(C)O.CC1(C)OB(c2ccccc2P(=O)(c2ccccc2)c2ccccc2)OC1(C)C.O=P(c1[c-]cccc1)(c1ccccc1)c1ccccc1.O=S(=O)(O)C(F)(F)F.O=[P+]([O-])O[O-].[Ir].[Ir].[K+].[K][K]. The number of rotatable bonds is 12. The average molecular weight is 2070 g/mol. The van der Waals surface area contributed by atoms with Crippen molar-refractivity contribution >= 4 is 162 Å². The van der Waals surface area contributed by atoms with Gasteiger partial charge in [0.05, 0.1) is 35.4 Å². The van der Waals surface area contributed by atoms with Gasteiger partial charge in [0, 0.05) is 95.0 Å². The molecule has 2 radical (unpaired) electrons. The van der Waals surface area contributed by atoms with Crippen LogP contribution in [0.3, 0.4) is 0 Å². The molecule has 592 valence electrons. The molecular weight excluding hydrogens is 1980 g/mol. The number of nitrogens with zero attached hydrogens (tertiary/aromatic N) is 2. The fourth-order valence-electron chi connectivity index (χ4n) is 12.2. The normalized spacial score (nSPS) is 13.3. The van der Waals surface area contributed by atoms with Crippen molar-refractivity contribution in [3.63, 3.8) is 0 Å². The Morgan fingerprint density at radius 3 is 1.23 bits per heavy atom. The summed E-state index contributed by atoms with van der Waals surface area (Å²) in [4.78, 5) is 18.6. The molecule has 16 nitrogen and oxygen atoms in total. The monoisotopic (exact) mass is 2070 g/mol. The van der Waals surface area contributed by atoms with Crippen LogP contribution >= 0.6 is 22.5 Å². The Labute approximate surface area is 789 Å². The van der Waals surface area contributed by atoms with E-state index in [1.165, 1.54) is 85.1 Å². The summed E-state index contributed by atoms with van der Waals surface area (Å²) >= 11 is 2.50. The summed E-state index contributed by atoms with van der Waals surface area (Å²) in [5.41, 5.74) is 5.38. The minimum atomic E-state index is -5.84. The molecule has 2 N–H and O–H groups in total. The maximum absolute atomic E-state index is 14.8. The first kappa shape index (κ1) is 102. The van der Waals surface area contributed by atoms with Crippen molar-refractivity contribution in [1.29, 1.82) is 0 Å². The Hall–Kier alpha value is -3.09. The van der Waals surface area contributed by atoms with Crippen LogP contribution in [-0.2, 0) is 104 Å². The fourth-order valence-corrected chi connectivity index (χ4v) is 17.6. The second kappa shape index (κ2) is 48.1. The molecule has 5 heterocycles. The van der Waals surface area contributed by atoms with E-state index in [0.717, 1.165) is 106 Å². The molecule has 3 aliphatic heterocycles. The van der Waals surface area contributed by atoms with Crippen molar-refractivity contribution in [3.05, 3.63) is 295 Å². The van der Waals surface area contributed by atoms with Crippen LogP contribution in [0.5, 0.6) is 11.5 Å². The zero-order valence-corrected chi connectivity index (χ0v) is 83.8. The third-order valence-electron chi connectivity index (χ3n) is 17.9. The molecule has 0 amide bonds. The molecule has 3 aliphatic rings. The van der Waals surface area contributed by atoms with Crippen LogP contribution in [0.4, 0.5) is 13.2 Å². The van der Waals surface area contributed by atoms with Gasteiger partial charge in [-0.25, -0.2) is 4.67 Å². The van der Waals surface area contributed by atoms with Crippen molar-refractivity contribution in [3.8, 4) is 34.0 Å². The Balaban J connectivity index is 0.000000254. The van der Waals surface area contributed by atoms with Gasteiger partial charge in [-0.15, -0.1) is 59.7 Å². The van der Waals surface area contributed by atoms with Crippen LogP contribution < -0.4 is 108 Å². The number of hydrogen-bond acceptors (Lipinski definition) is 15. The van der Waals surface area contributed by atoms with E-state index in [1.807, 2.05) is 222 Å². The molecule has 1 saturated heterocycles. The number of hydrogen-bond donors (Lipinski definition) is 2. The fraction of sp³-hybridized carbons (Fsp3) is 0.233. The Morgan fingerprint density at radius 1 is 0.557 bits per heavy atom. The summed E-state index contributed by atoms with van der Waals surface area (Å²) in [5, 5.41) is 23.8. The van der Waals surface area contributed by atoms with Gasteiger partial charge in [-0.2, -0.15) is 51.9 Å².